The molecule has 0 rings (SSSR count). The summed E-state index contributed by atoms with van der Waals surface area (Å²) < 4.78 is 7.27. The van der Waals surface area contributed by atoms with Crippen LogP contribution in [0.25, 0.3) is 0 Å². The van der Waals surface area contributed by atoms with Crippen molar-refractivity contribution in [3.63, 3.8) is 0 Å². The van der Waals surface area contributed by atoms with E-state index in [1.807, 2.05) is 32.6 Å². The van der Waals surface area contributed by atoms with Crippen molar-refractivity contribution in [3.8, 4) is 0 Å². The molecule has 0 aromatic rings. The second-order valence-corrected chi connectivity index (χ2v) is 8.41. The van der Waals surface area contributed by atoms with Crippen LogP contribution in [0, 0.1) is 0 Å². The molecule has 2 nitrogen and oxygen atoms in total. The Morgan fingerprint density at radius 3 is 2.00 bits per heavy atom. The molecule has 0 aromatic carbocycles. The van der Waals surface area contributed by atoms with Crippen LogP contribution in [-0.2, 0) is 16.3 Å². The standard InChI is InChI=1S/C5H14NOPS2/c1-5(2)7-8(9,10)6(3)4/h5H,1-4H3,(H,9,10). The van der Waals surface area contributed by atoms with Crippen molar-refractivity contribution >= 4 is 29.7 Å². The van der Waals surface area contributed by atoms with E-state index in [-0.39, 0.29) is 6.10 Å². The normalized spacial score (nSPS) is 17.9. The first-order valence-corrected chi connectivity index (χ1v) is 6.88. The molecule has 0 spiro atoms. The van der Waals surface area contributed by atoms with Crippen LogP contribution in [0.1, 0.15) is 13.8 Å². The van der Waals surface area contributed by atoms with Gasteiger partial charge < -0.3 is 4.52 Å². The molecule has 0 radical (unpaired) electrons. The topological polar surface area (TPSA) is 12.5 Å². The van der Waals surface area contributed by atoms with Gasteiger partial charge in [-0.15, -0.1) is 0 Å². The van der Waals surface area contributed by atoms with E-state index in [2.05, 4.69) is 12.2 Å². The highest BCUT2D eigenvalue weighted by molar-refractivity contribution is 8.60. The smallest absolute Gasteiger partial charge is 0.185 e. The van der Waals surface area contributed by atoms with Gasteiger partial charge in [-0.05, 0) is 39.7 Å². The van der Waals surface area contributed by atoms with Crippen LogP contribution in [0.5, 0.6) is 0 Å². The molecule has 0 aliphatic carbocycles. The van der Waals surface area contributed by atoms with E-state index in [4.69, 9.17) is 16.3 Å². The van der Waals surface area contributed by atoms with Gasteiger partial charge in [-0.1, -0.05) is 12.2 Å². The third-order valence-corrected chi connectivity index (χ3v) is 5.16. The number of thiol groups is 1. The van der Waals surface area contributed by atoms with Gasteiger partial charge in [0.2, 0.25) is 0 Å². The largest absolute Gasteiger partial charge is 0.328 e. The summed E-state index contributed by atoms with van der Waals surface area (Å²) in [6.45, 7) is 3.92. The second-order valence-electron chi connectivity index (χ2n) is 2.49. The van der Waals surface area contributed by atoms with Crippen LogP contribution in [0.4, 0.5) is 0 Å². The third-order valence-electron chi connectivity index (χ3n) is 0.854. The first-order chi connectivity index (χ1) is 4.36. The average Bonchev–Trinajstić information content (AvgIpc) is 1.60. The summed E-state index contributed by atoms with van der Waals surface area (Å²) in [4.78, 5) is 0. The summed E-state index contributed by atoms with van der Waals surface area (Å²) in [5.41, 5.74) is -1.96. The maximum absolute atomic E-state index is 5.42. The quantitative estimate of drug-likeness (QED) is 0.552. The van der Waals surface area contributed by atoms with E-state index in [9.17, 15) is 0 Å². The van der Waals surface area contributed by atoms with E-state index in [1.54, 1.807) is 0 Å². The summed E-state index contributed by atoms with van der Waals surface area (Å²) in [6.07, 6.45) is 0.158. The Morgan fingerprint density at radius 1 is 1.50 bits per heavy atom. The van der Waals surface area contributed by atoms with E-state index >= 15 is 0 Å². The van der Waals surface area contributed by atoms with Gasteiger partial charge in [0.15, 0.2) is 5.62 Å². The fraction of sp³-hybridized carbons (Fsp3) is 1.00. The molecule has 0 fully saturated rings. The number of hydrogen-bond acceptors (Lipinski definition) is 2. The molecule has 10 heavy (non-hydrogen) atoms. The van der Waals surface area contributed by atoms with Crippen LogP contribution >= 0.6 is 17.9 Å². The minimum atomic E-state index is -1.96. The minimum absolute atomic E-state index is 0.158. The maximum Gasteiger partial charge on any atom is 0.185 e. The second kappa shape index (κ2) is 4.07. The highest BCUT2D eigenvalue weighted by Gasteiger charge is 2.15. The lowest BCUT2D eigenvalue weighted by molar-refractivity contribution is 0.260. The highest BCUT2D eigenvalue weighted by atomic mass is 32.9. The molecule has 1 atom stereocenters. The lowest BCUT2D eigenvalue weighted by Gasteiger charge is -2.25. The van der Waals surface area contributed by atoms with Crippen molar-refractivity contribution in [3.05, 3.63) is 0 Å². The molecule has 5 heteroatoms. The van der Waals surface area contributed by atoms with E-state index in [0.29, 0.717) is 0 Å². The van der Waals surface area contributed by atoms with Gasteiger partial charge in [-0.25, -0.2) is 0 Å². The van der Waals surface area contributed by atoms with Crippen LogP contribution < -0.4 is 0 Å². The molecule has 0 aromatic heterocycles. The first-order valence-electron chi connectivity index (χ1n) is 3.05. The summed E-state index contributed by atoms with van der Waals surface area (Å²) in [7, 11) is 3.77. The molecule has 0 amide bonds. The SMILES string of the molecule is CC(C)OP(=S)(S)N(C)C. The summed E-state index contributed by atoms with van der Waals surface area (Å²) in [5, 5.41) is 0. The highest BCUT2D eigenvalue weighted by Crippen LogP contribution is 2.54. The molecule has 0 saturated carbocycles. The molecule has 0 N–H and O–H groups in total. The van der Waals surface area contributed by atoms with Crippen LogP contribution in [0.15, 0.2) is 0 Å². The lowest BCUT2D eigenvalue weighted by atomic mass is 10.5. The van der Waals surface area contributed by atoms with Crippen molar-refractivity contribution in [1.82, 2.24) is 4.67 Å². The summed E-state index contributed by atoms with van der Waals surface area (Å²) >= 11 is 9.37. The number of nitrogens with zero attached hydrogens (tertiary/aromatic N) is 1. The van der Waals surface area contributed by atoms with Gasteiger partial charge in [0.25, 0.3) is 0 Å². The van der Waals surface area contributed by atoms with Gasteiger partial charge in [0, 0.05) is 0 Å². The van der Waals surface area contributed by atoms with Crippen molar-refractivity contribution in [2.45, 2.75) is 20.0 Å². The van der Waals surface area contributed by atoms with Crippen molar-refractivity contribution in [1.29, 1.82) is 0 Å². The molecule has 1 unspecified atom stereocenters. The van der Waals surface area contributed by atoms with E-state index < -0.39 is 5.62 Å². The van der Waals surface area contributed by atoms with Crippen molar-refractivity contribution < 1.29 is 4.52 Å². The molecule has 0 aliphatic rings. The molecular formula is C5H14NOPS2. The summed E-state index contributed by atoms with van der Waals surface area (Å²) in [6, 6.07) is 0. The maximum atomic E-state index is 5.42. The molecule has 0 aliphatic heterocycles. The fourth-order valence-corrected chi connectivity index (χ4v) is 2.19. The number of hydrogen-bond donors (Lipinski definition) is 1. The monoisotopic (exact) mass is 199 g/mol. The molecule has 0 heterocycles. The van der Waals surface area contributed by atoms with Crippen LogP contribution in [0.2, 0.25) is 0 Å². The van der Waals surface area contributed by atoms with E-state index in [0.717, 1.165) is 0 Å². The Hall–Kier alpha value is 0.920. The van der Waals surface area contributed by atoms with Gasteiger partial charge in [-0.2, -0.15) is 0 Å². The third kappa shape index (κ3) is 3.94. The van der Waals surface area contributed by atoms with Crippen molar-refractivity contribution in [2.75, 3.05) is 14.1 Å². The van der Waals surface area contributed by atoms with Crippen LogP contribution in [0.3, 0.4) is 0 Å². The van der Waals surface area contributed by atoms with Gasteiger partial charge in [0.05, 0.1) is 6.10 Å². The zero-order chi connectivity index (χ0) is 8.36. The predicted octanol–water partition coefficient (Wildman–Crippen LogP) is 2.13. The minimum Gasteiger partial charge on any atom is -0.328 e. The first kappa shape index (κ1) is 10.9. The Morgan fingerprint density at radius 2 is 1.90 bits per heavy atom. The Bertz CT molecular complexity index is 149. The Kier molecular flexibility index (Phi) is 4.45. The molecule has 62 valence electrons. The van der Waals surface area contributed by atoms with Gasteiger partial charge in [0.1, 0.15) is 0 Å². The van der Waals surface area contributed by atoms with Gasteiger partial charge >= 0.3 is 0 Å². The number of rotatable bonds is 3. The van der Waals surface area contributed by atoms with Crippen molar-refractivity contribution in [2.24, 2.45) is 0 Å². The van der Waals surface area contributed by atoms with E-state index in [1.165, 1.54) is 0 Å². The fourth-order valence-electron chi connectivity index (χ4n) is 0.369. The molecular weight excluding hydrogens is 185 g/mol. The lowest BCUT2D eigenvalue weighted by Crippen LogP contribution is -2.10. The van der Waals surface area contributed by atoms with Crippen LogP contribution in [-0.4, -0.2) is 24.9 Å². The average molecular weight is 199 g/mol. The Labute approximate surface area is 73.2 Å². The Balaban J connectivity index is 4.01. The van der Waals surface area contributed by atoms with Gasteiger partial charge in [-0.3, -0.25) is 4.67 Å². The predicted molar refractivity (Wildman–Crippen MR) is 53.2 cm³/mol. The zero-order valence-electron chi connectivity index (χ0n) is 6.74. The molecule has 0 saturated heterocycles. The summed E-state index contributed by atoms with van der Waals surface area (Å²) in [5.74, 6) is 0. The zero-order valence-corrected chi connectivity index (χ0v) is 9.34. The molecule has 0 bridgehead atoms.